The van der Waals surface area contributed by atoms with Crippen molar-refractivity contribution in [1.29, 1.82) is 0 Å². The van der Waals surface area contributed by atoms with Gasteiger partial charge in [-0.15, -0.1) is 0 Å². The summed E-state index contributed by atoms with van der Waals surface area (Å²) in [5.41, 5.74) is -0.395. The monoisotopic (exact) mass is 283 g/mol. The van der Waals surface area contributed by atoms with Gasteiger partial charge in [-0.25, -0.2) is 8.78 Å². The lowest BCUT2D eigenvalue weighted by atomic mass is 10.0. The van der Waals surface area contributed by atoms with Crippen LogP contribution in [0.5, 0.6) is 0 Å². The lowest BCUT2D eigenvalue weighted by Crippen LogP contribution is -2.30. The van der Waals surface area contributed by atoms with Crippen molar-refractivity contribution in [2.45, 2.75) is 38.2 Å². The molecular weight excluding hydrogens is 264 g/mol. The highest BCUT2D eigenvalue weighted by atomic mass is 19.1. The number of amides is 1. The lowest BCUT2D eigenvalue weighted by Gasteiger charge is -2.15. The molecule has 5 heteroatoms. The van der Waals surface area contributed by atoms with Crippen molar-refractivity contribution in [2.24, 2.45) is 5.92 Å². The van der Waals surface area contributed by atoms with Gasteiger partial charge in [0, 0.05) is 13.0 Å². The second kappa shape index (κ2) is 6.79. The zero-order chi connectivity index (χ0) is 14.5. The first kappa shape index (κ1) is 14.9. The zero-order valence-corrected chi connectivity index (χ0v) is 11.2. The van der Waals surface area contributed by atoms with Crippen molar-refractivity contribution in [3.8, 4) is 0 Å². The van der Waals surface area contributed by atoms with E-state index in [9.17, 15) is 18.7 Å². The molecule has 2 rings (SSSR count). The van der Waals surface area contributed by atoms with Gasteiger partial charge in [0.2, 0.25) is 5.91 Å². The summed E-state index contributed by atoms with van der Waals surface area (Å²) in [6.45, 7) is -0.177. The van der Waals surface area contributed by atoms with Gasteiger partial charge in [0.25, 0.3) is 0 Å². The smallest absolute Gasteiger partial charge is 0.220 e. The highest BCUT2D eigenvalue weighted by Crippen LogP contribution is 2.27. The van der Waals surface area contributed by atoms with E-state index in [1.807, 2.05) is 0 Å². The van der Waals surface area contributed by atoms with Crippen molar-refractivity contribution in [3.63, 3.8) is 0 Å². The van der Waals surface area contributed by atoms with Gasteiger partial charge in [0.05, 0.1) is 5.56 Å². The Bertz CT molecular complexity index is 453. The quantitative estimate of drug-likeness (QED) is 0.873. The third-order valence-electron chi connectivity index (χ3n) is 3.77. The molecule has 110 valence electrons. The molecule has 3 nitrogen and oxygen atoms in total. The summed E-state index contributed by atoms with van der Waals surface area (Å²) in [6.07, 6.45) is 3.47. The average Bonchev–Trinajstić information content (AvgIpc) is 2.89. The molecule has 2 N–H and O–H groups in total. The van der Waals surface area contributed by atoms with E-state index in [2.05, 4.69) is 5.32 Å². The summed E-state index contributed by atoms with van der Waals surface area (Å²) in [5.74, 6) is -1.38. The molecule has 0 heterocycles. The molecule has 0 bridgehead atoms. The van der Waals surface area contributed by atoms with E-state index in [0.29, 0.717) is 12.3 Å². The number of carbonyl (C=O) groups excluding carboxylic acids is 1. The molecule has 1 amide bonds. The van der Waals surface area contributed by atoms with Crippen LogP contribution in [-0.4, -0.2) is 17.6 Å². The Labute approximate surface area is 117 Å². The molecule has 1 fully saturated rings. The topological polar surface area (TPSA) is 49.3 Å². The molecule has 1 aromatic rings. The number of halogens is 2. The number of carbonyl (C=O) groups is 1. The van der Waals surface area contributed by atoms with Crippen molar-refractivity contribution in [2.75, 3.05) is 6.54 Å². The average molecular weight is 283 g/mol. The SMILES string of the molecule is O=C(CC1CCCC1)NCC(O)c1c(F)cccc1F. The van der Waals surface area contributed by atoms with Crippen LogP contribution < -0.4 is 5.32 Å². The van der Waals surface area contributed by atoms with Gasteiger partial charge in [-0.2, -0.15) is 0 Å². The third kappa shape index (κ3) is 3.76. The first-order valence-corrected chi connectivity index (χ1v) is 6.96. The van der Waals surface area contributed by atoms with E-state index in [0.717, 1.165) is 37.8 Å². The Hall–Kier alpha value is -1.49. The maximum Gasteiger partial charge on any atom is 0.220 e. The van der Waals surface area contributed by atoms with Gasteiger partial charge in [-0.3, -0.25) is 4.79 Å². The molecule has 1 atom stereocenters. The van der Waals surface area contributed by atoms with Crippen LogP contribution >= 0.6 is 0 Å². The van der Waals surface area contributed by atoms with Crippen LogP contribution in [0.1, 0.15) is 43.8 Å². The van der Waals surface area contributed by atoms with E-state index in [1.54, 1.807) is 0 Å². The molecule has 1 unspecified atom stereocenters. The number of aliphatic hydroxyl groups is 1. The Balaban J connectivity index is 1.85. The molecule has 0 saturated heterocycles. The number of nitrogens with one attached hydrogen (secondary N) is 1. The number of aliphatic hydroxyl groups excluding tert-OH is 1. The third-order valence-corrected chi connectivity index (χ3v) is 3.77. The summed E-state index contributed by atoms with van der Waals surface area (Å²) in [4.78, 5) is 11.7. The van der Waals surface area contributed by atoms with Gasteiger partial charge in [-0.05, 0) is 30.9 Å². The van der Waals surface area contributed by atoms with Crippen LogP contribution in [-0.2, 0) is 4.79 Å². The van der Waals surface area contributed by atoms with E-state index >= 15 is 0 Å². The predicted octanol–water partition coefficient (Wildman–Crippen LogP) is 2.69. The summed E-state index contributed by atoms with van der Waals surface area (Å²) < 4.78 is 26.9. The van der Waals surface area contributed by atoms with Crippen LogP contribution in [0.15, 0.2) is 18.2 Å². The number of rotatable bonds is 5. The Morgan fingerprint density at radius 3 is 2.50 bits per heavy atom. The fourth-order valence-electron chi connectivity index (χ4n) is 2.69. The Morgan fingerprint density at radius 1 is 1.30 bits per heavy atom. The van der Waals surface area contributed by atoms with Gasteiger partial charge in [0.15, 0.2) is 0 Å². The van der Waals surface area contributed by atoms with Crippen LogP contribution in [0.4, 0.5) is 8.78 Å². The maximum atomic E-state index is 13.4. The van der Waals surface area contributed by atoms with Gasteiger partial charge >= 0.3 is 0 Å². The molecule has 0 aromatic heterocycles. The van der Waals surface area contributed by atoms with Crippen LogP contribution in [0.3, 0.4) is 0 Å². The van der Waals surface area contributed by atoms with Crippen molar-refractivity contribution >= 4 is 5.91 Å². The van der Waals surface area contributed by atoms with Crippen LogP contribution in [0.2, 0.25) is 0 Å². The number of benzene rings is 1. The van der Waals surface area contributed by atoms with E-state index in [-0.39, 0.29) is 12.5 Å². The summed E-state index contributed by atoms with van der Waals surface area (Å²) >= 11 is 0. The van der Waals surface area contributed by atoms with Crippen molar-refractivity contribution in [1.82, 2.24) is 5.32 Å². The zero-order valence-electron chi connectivity index (χ0n) is 11.2. The minimum atomic E-state index is -1.37. The van der Waals surface area contributed by atoms with Crippen LogP contribution in [0, 0.1) is 17.6 Å². The summed E-state index contributed by atoms with van der Waals surface area (Å²) in [7, 11) is 0. The molecule has 1 aliphatic rings. The van der Waals surface area contributed by atoms with Gasteiger partial charge < -0.3 is 10.4 Å². The first-order chi connectivity index (χ1) is 9.58. The Morgan fingerprint density at radius 2 is 1.90 bits per heavy atom. The fraction of sp³-hybridized carbons (Fsp3) is 0.533. The molecular formula is C15H19F2NO2. The summed E-state index contributed by atoms with van der Waals surface area (Å²) in [5, 5.41) is 12.3. The molecule has 20 heavy (non-hydrogen) atoms. The largest absolute Gasteiger partial charge is 0.386 e. The molecule has 0 radical (unpaired) electrons. The number of hydrogen-bond acceptors (Lipinski definition) is 2. The van der Waals surface area contributed by atoms with Crippen molar-refractivity contribution in [3.05, 3.63) is 35.4 Å². The number of hydrogen-bond donors (Lipinski definition) is 2. The predicted molar refractivity (Wildman–Crippen MR) is 70.9 cm³/mol. The highest BCUT2D eigenvalue weighted by Gasteiger charge is 2.21. The molecule has 1 aliphatic carbocycles. The van der Waals surface area contributed by atoms with Crippen LogP contribution in [0.25, 0.3) is 0 Å². The van der Waals surface area contributed by atoms with E-state index in [1.165, 1.54) is 6.07 Å². The minimum absolute atomic E-state index is 0.173. The van der Waals surface area contributed by atoms with Gasteiger partial charge in [0.1, 0.15) is 17.7 Å². The van der Waals surface area contributed by atoms with E-state index < -0.39 is 23.3 Å². The highest BCUT2D eigenvalue weighted by molar-refractivity contribution is 5.76. The fourth-order valence-corrected chi connectivity index (χ4v) is 2.69. The maximum absolute atomic E-state index is 13.4. The molecule has 0 spiro atoms. The second-order valence-electron chi connectivity index (χ2n) is 5.31. The standard InChI is InChI=1S/C15H19F2NO2/c16-11-6-3-7-12(17)15(11)13(19)9-18-14(20)8-10-4-1-2-5-10/h3,6-7,10,13,19H,1-2,4-5,8-9H2,(H,18,20). The molecule has 1 saturated carbocycles. The normalized spacial score (nSPS) is 17.1. The lowest BCUT2D eigenvalue weighted by molar-refractivity contribution is -0.122. The van der Waals surface area contributed by atoms with E-state index in [4.69, 9.17) is 0 Å². The van der Waals surface area contributed by atoms with Gasteiger partial charge in [-0.1, -0.05) is 18.9 Å². The Kier molecular flexibility index (Phi) is 5.06. The van der Waals surface area contributed by atoms with Crippen molar-refractivity contribution < 1.29 is 18.7 Å². The first-order valence-electron chi connectivity index (χ1n) is 6.96. The minimum Gasteiger partial charge on any atom is -0.386 e. The second-order valence-corrected chi connectivity index (χ2v) is 5.31. The molecule has 0 aliphatic heterocycles. The summed E-state index contributed by atoms with van der Waals surface area (Å²) in [6, 6.07) is 3.41. The molecule has 1 aromatic carbocycles.